The number of rotatable bonds is 7. The highest BCUT2D eigenvalue weighted by Gasteiger charge is 2.32. The highest BCUT2D eigenvalue weighted by atomic mass is 16.5. The largest absolute Gasteiger partial charge is 0.391 e. The van der Waals surface area contributed by atoms with E-state index in [9.17, 15) is 9.90 Å². The van der Waals surface area contributed by atoms with Crippen molar-refractivity contribution in [2.75, 3.05) is 13.2 Å². The number of nitrogens with one attached hydrogen (secondary N) is 1. The van der Waals surface area contributed by atoms with E-state index in [-0.39, 0.29) is 12.0 Å². The fourth-order valence-electron chi connectivity index (χ4n) is 2.41. The van der Waals surface area contributed by atoms with E-state index < -0.39 is 0 Å². The van der Waals surface area contributed by atoms with Crippen molar-refractivity contribution in [3.8, 4) is 0 Å². The molecule has 2 fully saturated rings. The Bertz CT molecular complexity index is 259. The van der Waals surface area contributed by atoms with Crippen molar-refractivity contribution in [3.63, 3.8) is 0 Å². The molecule has 4 heteroatoms. The lowest BCUT2D eigenvalue weighted by molar-refractivity contribution is -0.124. The molecule has 0 bridgehead atoms. The number of amides is 1. The van der Waals surface area contributed by atoms with Crippen LogP contribution in [0.15, 0.2) is 0 Å². The monoisotopic (exact) mass is 241 g/mol. The van der Waals surface area contributed by atoms with Gasteiger partial charge in [0.05, 0.1) is 12.2 Å². The van der Waals surface area contributed by atoms with Crippen LogP contribution in [0, 0.1) is 11.8 Å². The smallest absolute Gasteiger partial charge is 0.220 e. The lowest BCUT2D eigenvalue weighted by Gasteiger charge is -2.34. The van der Waals surface area contributed by atoms with Gasteiger partial charge in [0.1, 0.15) is 0 Å². The molecule has 2 saturated carbocycles. The Hall–Kier alpha value is -0.610. The van der Waals surface area contributed by atoms with Gasteiger partial charge in [0, 0.05) is 19.6 Å². The molecule has 0 aromatic carbocycles. The van der Waals surface area contributed by atoms with Gasteiger partial charge < -0.3 is 15.2 Å². The van der Waals surface area contributed by atoms with Crippen molar-refractivity contribution in [3.05, 3.63) is 0 Å². The maximum absolute atomic E-state index is 11.6. The van der Waals surface area contributed by atoms with E-state index in [0.29, 0.717) is 30.9 Å². The molecule has 2 aliphatic rings. The predicted octanol–water partition coefficient (Wildman–Crippen LogP) is 1.08. The maximum Gasteiger partial charge on any atom is 0.220 e. The zero-order valence-electron chi connectivity index (χ0n) is 10.5. The Labute approximate surface area is 103 Å². The Morgan fingerprint density at radius 3 is 2.76 bits per heavy atom. The summed E-state index contributed by atoms with van der Waals surface area (Å²) >= 11 is 0. The molecule has 4 nitrogen and oxygen atoms in total. The summed E-state index contributed by atoms with van der Waals surface area (Å²) in [5, 5.41) is 12.4. The third kappa shape index (κ3) is 3.96. The number of aliphatic hydroxyl groups excluding tert-OH is 1. The van der Waals surface area contributed by atoms with Gasteiger partial charge in [-0.2, -0.15) is 0 Å². The number of hydrogen-bond acceptors (Lipinski definition) is 3. The summed E-state index contributed by atoms with van der Waals surface area (Å²) in [6.07, 6.45) is 4.84. The second-order valence-corrected chi connectivity index (χ2v) is 5.33. The van der Waals surface area contributed by atoms with Gasteiger partial charge in [0.25, 0.3) is 0 Å². The lowest BCUT2D eigenvalue weighted by Crippen LogP contribution is -2.38. The predicted molar refractivity (Wildman–Crippen MR) is 64.5 cm³/mol. The highest BCUT2D eigenvalue weighted by molar-refractivity contribution is 5.76. The Balaban J connectivity index is 1.52. The third-order valence-electron chi connectivity index (χ3n) is 3.74. The minimum absolute atomic E-state index is 0.0737. The summed E-state index contributed by atoms with van der Waals surface area (Å²) in [5.41, 5.74) is 0. The van der Waals surface area contributed by atoms with Crippen LogP contribution in [0.4, 0.5) is 0 Å². The summed E-state index contributed by atoms with van der Waals surface area (Å²) in [4.78, 5) is 11.6. The van der Waals surface area contributed by atoms with E-state index in [1.54, 1.807) is 0 Å². The molecule has 1 unspecified atom stereocenters. The van der Waals surface area contributed by atoms with Crippen molar-refractivity contribution in [1.82, 2.24) is 5.32 Å². The molecule has 98 valence electrons. The molecular formula is C13H23NO3. The number of hydrogen-bond donors (Lipinski definition) is 2. The van der Waals surface area contributed by atoms with Crippen LogP contribution in [0.5, 0.6) is 0 Å². The summed E-state index contributed by atoms with van der Waals surface area (Å²) < 4.78 is 5.46. The van der Waals surface area contributed by atoms with Crippen LogP contribution >= 0.6 is 0 Å². The van der Waals surface area contributed by atoms with Crippen molar-refractivity contribution in [2.45, 2.75) is 51.2 Å². The van der Waals surface area contributed by atoms with E-state index in [2.05, 4.69) is 5.32 Å². The molecule has 1 amide bonds. The fourth-order valence-corrected chi connectivity index (χ4v) is 2.41. The molecule has 0 aromatic rings. The summed E-state index contributed by atoms with van der Waals surface area (Å²) in [7, 11) is 0. The molecular weight excluding hydrogens is 218 g/mol. The van der Waals surface area contributed by atoms with Crippen molar-refractivity contribution in [2.24, 2.45) is 11.8 Å². The zero-order chi connectivity index (χ0) is 12.3. The van der Waals surface area contributed by atoms with Gasteiger partial charge in [-0.1, -0.05) is 0 Å². The standard InChI is InChI=1S/C13H23NO3/c1-2-17-11-5-9(6-11)7-13(16)14-8-12(15)10-3-4-10/h9-12,15H,2-8H2,1H3,(H,14,16). The van der Waals surface area contributed by atoms with Gasteiger partial charge in [0.15, 0.2) is 0 Å². The van der Waals surface area contributed by atoms with Crippen LogP contribution in [0.2, 0.25) is 0 Å². The quantitative estimate of drug-likeness (QED) is 0.701. The topological polar surface area (TPSA) is 58.6 Å². The zero-order valence-corrected chi connectivity index (χ0v) is 10.5. The van der Waals surface area contributed by atoms with E-state index in [1.807, 2.05) is 6.92 Å². The Kier molecular flexibility index (Phi) is 4.40. The van der Waals surface area contributed by atoms with Gasteiger partial charge in [-0.15, -0.1) is 0 Å². The Morgan fingerprint density at radius 2 is 2.18 bits per heavy atom. The fraction of sp³-hybridized carbons (Fsp3) is 0.923. The molecule has 0 spiro atoms. The third-order valence-corrected chi connectivity index (χ3v) is 3.74. The molecule has 0 heterocycles. The number of aliphatic hydroxyl groups is 1. The first kappa shape index (κ1) is 12.8. The molecule has 1 atom stereocenters. The highest BCUT2D eigenvalue weighted by Crippen LogP contribution is 2.33. The number of carbonyl (C=O) groups excluding carboxylic acids is 1. The van der Waals surface area contributed by atoms with Crippen LogP contribution in [0.25, 0.3) is 0 Å². The lowest BCUT2D eigenvalue weighted by atomic mass is 9.80. The van der Waals surface area contributed by atoms with E-state index in [4.69, 9.17) is 4.74 Å². The molecule has 2 aliphatic carbocycles. The first-order chi connectivity index (χ1) is 8.19. The first-order valence-electron chi connectivity index (χ1n) is 6.75. The van der Waals surface area contributed by atoms with Gasteiger partial charge in [-0.25, -0.2) is 0 Å². The van der Waals surface area contributed by atoms with Gasteiger partial charge in [-0.05, 0) is 44.4 Å². The van der Waals surface area contributed by atoms with Crippen LogP contribution < -0.4 is 5.32 Å². The minimum atomic E-state index is -0.337. The summed E-state index contributed by atoms with van der Waals surface area (Å²) in [5.74, 6) is 0.982. The molecule has 0 radical (unpaired) electrons. The molecule has 0 aliphatic heterocycles. The van der Waals surface area contributed by atoms with Gasteiger partial charge >= 0.3 is 0 Å². The van der Waals surface area contributed by atoms with Crippen LogP contribution in [-0.4, -0.2) is 36.4 Å². The van der Waals surface area contributed by atoms with E-state index in [1.165, 1.54) is 0 Å². The maximum atomic E-state index is 11.6. The summed E-state index contributed by atoms with van der Waals surface area (Å²) in [6.45, 7) is 3.18. The van der Waals surface area contributed by atoms with Gasteiger partial charge in [0.2, 0.25) is 5.91 Å². The normalized spacial score (nSPS) is 29.5. The number of ether oxygens (including phenoxy) is 1. The van der Waals surface area contributed by atoms with Crippen LogP contribution in [0.1, 0.15) is 39.0 Å². The molecule has 0 aromatic heterocycles. The molecule has 2 rings (SSSR count). The SMILES string of the molecule is CCOC1CC(CC(=O)NCC(O)C2CC2)C1. The molecule has 17 heavy (non-hydrogen) atoms. The van der Waals surface area contributed by atoms with E-state index >= 15 is 0 Å². The van der Waals surface area contributed by atoms with Crippen LogP contribution in [-0.2, 0) is 9.53 Å². The number of carbonyl (C=O) groups is 1. The van der Waals surface area contributed by atoms with E-state index in [0.717, 1.165) is 32.3 Å². The molecule has 0 saturated heterocycles. The first-order valence-corrected chi connectivity index (χ1v) is 6.75. The summed E-state index contributed by atoms with van der Waals surface area (Å²) in [6, 6.07) is 0. The second-order valence-electron chi connectivity index (χ2n) is 5.33. The average Bonchev–Trinajstić information content (AvgIpc) is 3.06. The average molecular weight is 241 g/mol. The van der Waals surface area contributed by atoms with Crippen molar-refractivity contribution >= 4 is 5.91 Å². The Morgan fingerprint density at radius 1 is 1.47 bits per heavy atom. The van der Waals surface area contributed by atoms with Crippen molar-refractivity contribution < 1.29 is 14.6 Å². The van der Waals surface area contributed by atoms with Crippen LogP contribution in [0.3, 0.4) is 0 Å². The van der Waals surface area contributed by atoms with Crippen molar-refractivity contribution in [1.29, 1.82) is 0 Å². The second kappa shape index (κ2) is 5.83. The van der Waals surface area contributed by atoms with Gasteiger partial charge in [-0.3, -0.25) is 4.79 Å². The minimum Gasteiger partial charge on any atom is -0.391 e. The molecule has 2 N–H and O–H groups in total.